The standard InChI is InChI=1S/C19H25NO/c1-4-20(5-2)13(3)19(21)17-12-10-15-8-6-7-14-9-11-16(17)18(14)15/h6-8,10,12-13,19,21H,4-5,9,11H2,1-3H3/t13-,19-/m1/s1. The predicted molar refractivity (Wildman–Crippen MR) is 88.7 cm³/mol. The Morgan fingerprint density at radius 3 is 2.57 bits per heavy atom. The second kappa shape index (κ2) is 5.78. The van der Waals surface area contributed by atoms with Crippen molar-refractivity contribution in [2.75, 3.05) is 13.1 Å². The smallest absolute Gasteiger partial charge is 0.0945 e. The van der Waals surface area contributed by atoms with Crippen molar-refractivity contribution >= 4 is 10.8 Å². The van der Waals surface area contributed by atoms with Gasteiger partial charge >= 0.3 is 0 Å². The average Bonchev–Trinajstić information content (AvgIpc) is 2.94. The lowest BCUT2D eigenvalue weighted by molar-refractivity contribution is 0.0633. The summed E-state index contributed by atoms with van der Waals surface area (Å²) in [5, 5.41) is 13.6. The van der Waals surface area contributed by atoms with E-state index in [1.807, 2.05) is 0 Å². The molecule has 0 heterocycles. The van der Waals surface area contributed by atoms with E-state index in [-0.39, 0.29) is 6.04 Å². The number of benzene rings is 2. The highest BCUT2D eigenvalue weighted by Crippen LogP contribution is 2.36. The summed E-state index contributed by atoms with van der Waals surface area (Å²) in [7, 11) is 0. The normalized spacial score (nSPS) is 16.6. The summed E-state index contributed by atoms with van der Waals surface area (Å²) in [6.07, 6.45) is 1.76. The van der Waals surface area contributed by atoms with E-state index in [9.17, 15) is 5.11 Å². The summed E-state index contributed by atoms with van der Waals surface area (Å²) >= 11 is 0. The topological polar surface area (TPSA) is 23.5 Å². The van der Waals surface area contributed by atoms with E-state index >= 15 is 0 Å². The monoisotopic (exact) mass is 283 g/mol. The van der Waals surface area contributed by atoms with Gasteiger partial charge in [-0.3, -0.25) is 4.90 Å². The fourth-order valence-electron chi connectivity index (χ4n) is 3.82. The van der Waals surface area contributed by atoms with Gasteiger partial charge in [-0.15, -0.1) is 0 Å². The Bertz CT molecular complexity index is 645. The van der Waals surface area contributed by atoms with Gasteiger partial charge in [-0.25, -0.2) is 0 Å². The van der Waals surface area contributed by atoms with E-state index in [4.69, 9.17) is 0 Å². The highest BCUT2D eigenvalue weighted by molar-refractivity contribution is 5.91. The van der Waals surface area contributed by atoms with Crippen molar-refractivity contribution in [2.24, 2.45) is 0 Å². The molecule has 1 N–H and O–H groups in total. The van der Waals surface area contributed by atoms with Crippen molar-refractivity contribution in [3.63, 3.8) is 0 Å². The number of rotatable bonds is 5. The summed E-state index contributed by atoms with van der Waals surface area (Å²) in [6, 6.07) is 11.0. The van der Waals surface area contributed by atoms with Crippen molar-refractivity contribution in [3.8, 4) is 0 Å². The molecule has 2 atom stereocenters. The summed E-state index contributed by atoms with van der Waals surface area (Å²) in [5.74, 6) is 0. The molecule has 0 spiro atoms. The first-order valence-electron chi connectivity index (χ1n) is 8.12. The second-order valence-electron chi connectivity index (χ2n) is 6.06. The zero-order valence-electron chi connectivity index (χ0n) is 13.3. The number of hydrogen-bond donors (Lipinski definition) is 1. The summed E-state index contributed by atoms with van der Waals surface area (Å²) in [4.78, 5) is 2.32. The molecule has 21 heavy (non-hydrogen) atoms. The summed E-state index contributed by atoms with van der Waals surface area (Å²) in [5.41, 5.74) is 3.94. The molecule has 1 aliphatic rings. The zero-order valence-corrected chi connectivity index (χ0v) is 13.3. The van der Waals surface area contributed by atoms with Crippen LogP contribution in [0.15, 0.2) is 30.3 Å². The van der Waals surface area contributed by atoms with Crippen LogP contribution in [0.1, 0.15) is 43.6 Å². The van der Waals surface area contributed by atoms with Crippen LogP contribution >= 0.6 is 0 Å². The second-order valence-corrected chi connectivity index (χ2v) is 6.06. The summed E-state index contributed by atoms with van der Waals surface area (Å²) < 4.78 is 0. The van der Waals surface area contributed by atoms with Crippen LogP contribution in [0.5, 0.6) is 0 Å². The van der Waals surface area contributed by atoms with Crippen molar-refractivity contribution in [1.82, 2.24) is 4.90 Å². The third kappa shape index (κ3) is 2.37. The van der Waals surface area contributed by atoms with E-state index < -0.39 is 6.10 Å². The van der Waals surface area contributed by atoms with E-state index in [1.54, 1.807) is 0 Å². The molecular formula is C19H25NO. The molecule has 0 aliphatic heterocycles. The van der Waals surface area contributed by atoms with Crippen LogP contribution in [0.25, 0.3) is 10.8 Å². The molecule has 0 aromatic heterocycles. The maximum absolute atomic E-state index is 10.9. The lowest BCUT2D eigenvalue weighted by atomic mass is 9.93. The van der Waals surface area contributed by atoms with Gasteiger partial charge in [0.25, 0.3) is 0 Å². The van der Waals surface area contributed by atoms with Crippen LogP contribution in [0.2, 0.25) is 0 Å². The van der Waals surface area contributed by atoms with E-state index in [1.165, 1.54) is 21.9 Å². The Labute approximate surface area is 127 Å². The summed E-state index contributed by atoms with van der Waals surface area (Å²) in [6.45, 7) is 8.40. The zero-order chi connectivity index (χ0) is 15.0. The van der Waals surface area contributed by atoms with Gasteiger partial charge in [-0.1, -0.05) is 44.2 Å². The quantitative estimate of drug-likeness (QED) is 0.904. The number of aryl methyl sites for hydroxylation is 2. The number of nitrogens with zero attached hydrogens (tertiary/aromatic N) is 1. The van der Waals surface area contributed by atoms with Crippen LogP contribution in [0.3, 0.4) is 0 Å². The molecule has 0 amide bonds. The Morgan fingerprint density at radius 1 is 1.10 bits per heavy atom. The number of aliphatic hydroxyl groups excluding tert-OH is 1. The number of aliphatic hydroxyl groups is 1. The highest BCUT2D eigenvalue weighted by Gasteiger charge is 2.26. The molecule has 3 rings (SSSR count). The molecular weight excluding hydrogens is 258 g/mol. The van der Waals surface area contributed by atoms with Gasteiger partial charge in [-0.05, 0) is 60.3 Å². The van der Waals surface area contributed by atoms with Gasteiger partial charge in [0.15, 0.2) is 0 Å². The fourth-order valence-corrected chi connectivity index (χ4v) is 3.82. The molecule has 2 heteroatoms. The van der Waals surface area contributed by atoms with Gasteiger partial charge < -0.3 is 5.11 Å². The van der Waals surface area contributed by atoms with E-state index in [0.29, 0.717) is 0 Å². The van der Waals surface area contributed by atoms with Crippen molar-refractivity contribution in [3.05, 3.63) is 47.0 Å². The van der Waals surface area contributed by atoms with Crippen LogP contribution < -0.4 is 0 Å². The molecule has 1 aliphatic carbocycles. The maximum Gasteiger partial charge on any atom is 0.0945 e. The average molecular weight is 283 g/mol. The van der Waals surface area contributed by atoms with Crippen molar-refractivity contribution in [2.45, 2.75) is 45.8 Å². The Hall–Kier alpha value is -1.38. The molecule has 0 saturated carbocycles. The van der Waals surface area contributed by atoms with Crippen LogP contribution in [-0.2, 0) is 12.8 Å². The molecule has 112 valence electrons. The first-order chi connectivity index (χ1) is 10.2. The minimum absolute atomic E-state index is 0.154. The van der Waals surface area contributed by atoms with Crippen LogP contribution in [0.4, 0.5) is 0 Å². The first-order valence-corrected chi connectivity index (χ1v) is 8.12. The van der Waals surface area contributed by atoms with Gasteiger partial charge in [0.05, 0.1) is 6.10 Å². The number of hydrogen-bond acceptors (Lipinski definition) is 2. The number of likely N-dealkylation sites (N-methyl/N-ethyl adjacent to an activating group) is 1. The first kappa shape index (κ1) is 14.6. The highest BCUT2D eigenvalue weighted by atomic mass is 16.3. The molecule has 0 fully saturated rings. The molecule has 2 nitrogen and oxygen atoms in total. The third-order valence-electron chi connectivity index (χ3n) is 5.08. The van der Waals surface area contributed by atoms with Gasteiger partial charge in [-0.2, -0.15) is 0 Å². The third-order valence-corrected chi connectivity index (χ3v) is 5.08. The Balaban J connectivity index is 2.03. The minimum Gasteiger partial charge on any atom is -0.387 e. The molecule has 2 aromatic rings. The van der Waals surface area contributed by atoms with Crippen LogP contribution in [0, 0.1) is 0 Å². The van der Waals surface area contributed by atoms with Gasteiger partial charge in [0.1, 0.15) is 0 Å². The van der Waals surface area contributed by atoms with E-state index in [2.05, 4.69) is 56.0 Å². The fraction of sp³-hybridized carbons (Fsp3) is 0.474. The molecule has 0 bridgehead atoms. The van der Waals surface area contributed by atoms with E-state index in [0.717, 1.165) is 31.5 Å². The van der Waals surface area contributed by atoms with Gasteiger partial charge in [0, 0.05) is 6.04 Å². The molecule has 0 radical (unpaired) electrons. The molecule has 0 saturated heterocycles. The van der Waals surface area contributed by atoms with Crippen molar-refractivity contribution in [1.29, 1.82) is 0 Å². The van der Waals surface area contributed by atoms with Gasteiger partial charge in [0.2, 0.25) is 0 Å². The molecule has 0 unspecified atom stereocenters. The molecule has 2 aromatic carbocycles. The maximum atomic E-state index is 10.9. The lowest BCUT2D eigenvalue weighted by Gasteiger charge is -2.31. The van der Waals surface area contributed by atoms with Crippen LogP contribution in [-0.4, -0.2) is 29.1 Å². The Kier molecular flexibility index (Phi) is 4.01. The largest absolute Gasteiger partial charge is 0.387 e. The van der Waals surface area contributed by atoms with Crippen molar-refractivity contribution < 1.29 is 5.11 Å². The Morgan fingerprint density at radius 2 is 1.86 bits per heavy atom. The minimum atomic E-state index is -0.407. The predicted octanol–water partition coefficient (Wildman–Crippen LogP) is 3.70. The SMILES string of the molecule is CCN(CC)[C@H](C)[C@@H](O)c1ccc2cccc3c2c1CC3. The lowest BCUT2D eigenvalue weighted by Crippen LogP contribution is -2.37.